The van der Waals surface area contributed by atoms with Crippen LogP contribution in [0.3, 0.4) is 0 Å². The van der Waals surface area contributed by atoms with Crippen LogP contribution in [-0.4, -0.2) is 19.6 Å². The minimum atomic E-state index is -3.94. The van der Waals surface area contributed by atoms with Crippen LogP contribution in [-0.2, 0) is 10.1 Å². The molecule has 0 atom stereocenters. The summed E-state index contributed by atoms with van der Waals surface area (Å²) in [7, 11) is -3.94. The lowest BCUT2D eigenvalue weighted by molar-refractivity contribution is 0.485. The number of nitrogens with one attached hydrogen (secondary N) is 1. The second-order valence-corrected chi connectivity index (χ2v) is 8.82. The van der Waals surface area contributed by atoms with Crippen molar-refractivity contribution in [3.8, 4) is 5.75 Å². The van der Waals surface area contributed by atoms with Crippen LogP contribution in [0.5, 0.6) is 5.75 Å². The van der Waals surface area contributed by atoms with Crippen LogP contribution < -0.4 is 9.61 Å². The molecule has 0 spiro atoms. The number of benzene rings is 3. The second-order valence-electron chi connectivity index (χ2n) is 6.25. The Balaban J connectivity index is 1.53. The Kier molecular flexibility index (Phi) is 5.28. The monoisotopic (exact) mass is 423 g/mol. The number of nitrogens with zero attached hydrogens (tertiary/aromatic N) is 2. The van der Waals surface area contributed by atoms with Gasteiger partial charge in [-0.15, -0.1) is 0 Å². The lowest BCUT2D eigenvalue weighted by atomic mass is 10.2. The van der Waals surface area contributed by atoms with Gasteiger partial charge in [0.1, 0.15) is 4.90 Å². The van der Waals surface area contributed by atoms with Crippen LogP contribution in [0.4, 0.5) is 5.13 Å². The van der Waals surface area contributed by atoms with Crippen LogP contribution >= 0.6 is 11.3 Å². The van der Waals surface area contributed by atoms with Crippen molar-refractivity contribution in [3.63, 3.8) is 0 Å². The molecule has 1 N–H and O–H groups in total. The maximum Gasteiger partial charge on any atom is 0.339 e. The van der Waals surface area contributed by atoms with Gasteiger partial charge in [0, 0.05) is 5.56 Å². The predicted molar refractivity (Wildman–Crippen MR) is 116 cm³/mol. The third-order valence-corrected chi connectivity index (χ3v) is 6.28. The molecule has 1 aromatic heterocycles. The first-order valence-electron chi connectivity index (χ1n) is 8.76. The Morgan fingerprint density at radius 3 is 2.52 bits per heavy atom. The summed E-state index contributed by atoms with van der Waals surface area (Å²) in [5, 5.41) is 4.83. The van der Waals surface area contributed by atoms with Crippen molar-refractivity contribution in [2.75, 3.05) is 5.43 Å². The van der Waals surface area contributed by atoms with E-state index in [4.69, 9.17) is 4.18 Å². The van der Waals surface area contributed by atoms with Gasteiger partial charge < -0.3 is 4.18 Å². The zero-order valence-electron chi connectivity index (χ0n) is 15.4. The molecule has 1 heterocycles. The van der Waals surface area contributed by atoms with Gasteiger partial charge in [0.2, 0.25) is 5.13 Å². The molecule has 146 valence electrons. The smallest absolute Gasteiger partial charge is 0.339 e. The summed E-state index contributed by atoms with van der Waals surface area (Å²) in [5.41, 5.74) is 5.27. The molecule has 8 heteroatoms. The van der Waals surface area contributed by atoms with Gasteiger partial charge in [0.25, 0.3) is 0 Å². The van der Waals surface area contributed by atoms with Crippen LogP contribution in [0.15, 0.2) is 82.8 Å². The molecule has 4 aromatic rings. The van der Waals surface area contributed by atoms with Gasteiger partial charge in [0.05, 0.1) is 16.4 Å². The summed E-state index contributed by atoms with van der Waals surface area (Å²) < 4.78 is 31.5. The Morgan fingerprint density at radius 2 is 1.72 bits per heavy atom. The van der Waals surface area contributed by atoms with E-state index in [-0.39, 0.29) is 10.6 Å². The second kappa shape index (κ2) is 8.02. The van der Waals surface area contributed by atoms with Gasteiger partial charge >= 0.3 is 10.1 Å². The molecule has 0 fully saturated rings. The average Bonchev–Trinajstić information content (AvgIpc) is 3.12. The van der Waals surface area contributed by atoms with E-state index in [1.54, 1.807) is 36.4 Å². The minimum absolute atomic E-state index is 0.0995. The van der Waals surface area contributed by atoms with E-state index in [1.165, 1.54) is 29.7 Å². The normalized spacial score (nSPS) is 11.8. The molecule has 0 bridgehead atoms. The number of hydrogen-bond donors (Lipinski definition) is 1. The molecule has 0 saturated carbocycles. The van der Waals surface area contributed by atoms with Crippen molar-refractivity contribution in [1.82, 2.24) is 4.98 Å². The molecule has 0 aliphatic rings. The highest BCUT2D eigenvalue weighted by Crippen LogP contribution is 2.26. The van der Waals surface area contributed by atoms with Crippen LogP contribution in [0.1, 0.15) is 11.1 Å². The minimum Gasteiger partial charge on any atom is -0.378 e. The van der Waals surface area contributed by atoms with Crippen LogP contribution in [0.25, 0.3) is 10.2 Å². The van der Waals surface area contributed by atoms with Gasteiger partial charge in [-0.1, -0.05) is 53.3 Å². The third-order valence-electron chi connectivity index (χ3n) is 4.09. The standard InChI is InChI=1S/C21H17N3O3S2/c1-15-10-12-17(13-11-15)29(25,26)27-19-8-4-2-6-16(19)14-22-24-21-23-18-7-3-5-9-20(18)28-21/h2-14H,1H3,(H,23,24)/b22-14+. The lowest BCUT2D eigenvalue weighted by Crippen LogP contribution is -2.11. The number of aryl methyl sites for hydroxylation is 1. The number of para-hydroxylation sites is 2. The first-order chi connectivity index (χ1) is 14.0. The molecule has 3 aromatic carbocycles. The van der Waals surface area contributed by atoms with Gasteiger partial charge in [-0.25, -0.2) is 4.98 Å². The molecule has 0 aliphatic carbocycles. The molecule has 29 heavy (non-hydrogen) atoms. The van der Waals surface area contributed by atoms with Gasteiger partial charge in [-0.3, -0.25) is 5.43 Å². The SMILES string of the molecule is Cc1ccc(S(=O)(=O)Oc2ccccc2/C=N/Nc2nc3ccccc3s2)cc1. The lowest BCUT2D eigenvalue weighted by Gasteiger charge is -2.09. The number of thiazole rings is 1. The highest BCUT2D eigenvalue weighted by molar-refractivity contribution is 7.87. The van der Waals surface area contributed by atoms with Crippen molar-refractivity contribution < 1.29 is 12.6 Å². The molecular formula is C21H17N3O3S2. The number of rotatable bonds is 6. The van der Waals surface area contributed by atoms with Crippen molar-refractivity contribution in [1.29, 1.82) is 0 Å². The van der Waals surface area contributed by atoms with E-state index in [9.17, 15) is 8.42 Å². The van der Waals surface area contributed by atoms with Gasteiger partial charge in [-0.2, -0.15) is 13.5 Å². The number of anilines is 1. The summed E-state index contributed by atoms with van der Waals surface area (Å²) in [5.74, 6) is 0.197. The van der Waals surface area contributed by atoms with E-state index >= 15 is 0 Å². The molecule has 0 unspecified atom stereocenters. The molecule has 0 radical (unpaired) electrons. The van der Waals surface area contributed by atoms with E-state index < -0.39 is 10.1 Å². The summed E-state index contributed by atoms with van der Waals surface area (Å²) in [6, 6.07) is 21.1. The summed E-state index contributed by atoms with van der Waals surface area (Å²) >= 11 is 1.48. The number of hydrogen-bond acceptors (Lipinski definition) is 7. The quantitative estimate of drug-likeness (QED) is 0.273. The summed E-state index contributed by atoms with van der Waals surface area (Å²) in [4.78, 5) is 4.54. The maximum absolute atomic E-state index is 12.6. The zero-order valence-corrected chi connectivity index (χ0v) is 17.1. The summed E-state index contributed by atoms with van der Waals surface area (Å²) in [6.45, 7) is 1.89. The molecular weight excluding hydrogens is 406 g/mol. The molecule has 4 rings (SSSR count). The van der Waals surface area contributed by atoms with Crippen molar-refractivity contribution in [2.45, 2.75) is 11.8 Å². The fraction of sp³-hybridized carbons (Fsp3) is 0.0476. The van der Waals surface area contributed by atoms with Gasteiger partial charge in [-0.05, 0) is 43.3 Å². The largest absolute Gasteiger partial charge is 0.378 e. The Morgan fingerprint density at radius 1 is 1.00 bits per heavy atom. The Hall–Kier alpha value is -3.23. The number of aromatic nitrogens is 1. The van der Waals surface area contributed by atoms with Crippen molar-refractivity contribution in [3.05, 3.63) is 83.9 Å². The summed E-state index contributed by atoms with van der Waals surface area (Å²) in [6.07, 6.45) is 1.51. The van der Waals surface area contributed by atoms with Gasteiger partial charge in [0.15, 0.2) is 5.75 Å². The van der Waals surface area contributed by atoms with E-state index in [0.29, 0.717) is 10.7 Å². The average molecular weight is 424 g/mol. The Labute approximate surface area is 172 Å². The van der Waals surface area contributed by atoms with Crippen molar-refractivity contribution >= 4 is 43.0 Å². The topological polar surface area (TPSA) is 80.7 Å². The third kappa shape index (κ3) is 4.44. The molecule has 0 aliphatic heterocycles. The molecule has 0 saturated heterocycles. The highest BCUT2D eigenvalue weighted by Gasteiger charge is 2.17. The highest BCUT2D eigenvalue weighted by atomic mass is 32.2. The fourth-order valence-corrected chi connectivity index (χ4v) is 4.38. The van der Waals surface area contributed by atoms with E-state index in [0.717, 1.165) is 15.8 Å². The fourth-order valence-electron chi connectivity index (χ4n) is 2.61. The first-order valence-corrected chi connectivity index (χ1v) is 11.0. The first kappa shape index (κ1) is 19.1. The van der Waals surface area contributed by atoms with E-state index in [1.807, 2.05) is 31.2 Å². The molecule has 6 nitrogen and oxygen atoms in total. The Bertz CT molecular complexity index is 1250. The van der Waals surface area contributed by atoms with Crippen molar-refractivity contribution in [2.24, 2.45) is 5.10 Å². The van der Waals surface area contributed by atoms with E-state index in [2.05, 4.69) is 15.5 Å². The van der Waals surface area contributed by atoms with Crippen LogP contribution in [0, 0.1) is 6.92 Å². The maximum atomic E-state index is 12.6. The number of hydrazone groups is 1. The molecule has 0 amide bonds. The zero-order chi connectivity index (χ0) is 20.3. The predicted octanol–water partition coefficient (Wildman–Crippen LogP) is 4.82. The number of fused-ring (bicyclic) bond motifs is 1. The van der Waals surface area contributed by atoms with Crippen LogP contribution in [0.2, 0.25) is 0 Å².